The molecule has 0 fully saturated rings. The van der Waals surface area contributed by atoms with E-state index in [-0.39, 0.29) is 18.0 Å². The Bertz CT molecular complexity index is 428. The van der Waals surface area contributed by atoms with Crippen molar-refractivity contribution in [2.75, 3.05) is 17.6 Å². The smallest absolute Gasteiger partial charge is 0.210 e. The van der Waals surface area contributed by atoms with Gasteiger partial charge in [-0.25, -0.2) is 22.3 Å². The Labute approximate surface area is 86.1 Å². The largest absolute Gasteiger partial charge is 0.379 e. The molecule has 0 atom stereocenters. The molecule has 0 aliphatic heterocycles. The number of sulfonamides is 1. The fraction of sp³-hybridized carbons (Fsp3) is 0.250. The van der Waals surface area contributed by atoms with Crippen LogP contribution in [0.1, 0.15) is 0 Å². The van der Waals surface area contributed by atoms with Gasteiger partial charge in [0, 0.05) is 6.54 Å². The molecule has 0 heterocycles. The van der Waals surface area contributed by atoms with Crippen LogP contribution >= 0.6 is 0 Å². The van der Waals surface area contributed by atoms with Gasteiger partial charge in [-0.05, 0) is 12.1 Å². The number of hydrogen-bond acceptors (Lipinski definition) is 3. The molecule has 0 spiro atoms. The first kappa shape index (κ1) is 11.9. The van der Waals surface area contributed by atoms with Gasteiger partial charge in [-0.1, -0.05) is 6.07 Å². The minimum atomic E-state index is -3.63. The van der Waals surface area contributed by atoms with Gasteiger partial charge in [0.15, 0.2) is 0 Å². The van der Waals surface area contributed by atoms with Crippen LogP contribution in [0.2, 0.25) is 0 Å². The lowest BCUT2D eigenvalue weighted by Crippen LogP contribution is -2.22. The summed E-state index contributed by atoms with van der Waals surface area (Å²) < 4.78 is 47.1. The summed E-state index contributed by atoms with van der Waals surface area (Å²) in [4.78, 5) is 0. The van der Waals surface area contributed by atoms with E-state index in [2.05, 4.69) is 5.32 Å². The first-order valence-electron chi connectivity index (χ1n) is 4.08. The summed E-state index contributed by atoms with van der Waals surface area (Å²) in [6.45, 7) is -0.142. The standard InChI is InChI=1S/C8H10F2N2O2S/c9-6-2-1-3-7(10)8(6)12-4-5-15(11,13)14/h1-3,12H,4-5H2,(H2,11,13,14). The molecule has 0 radical (unpaired) electrons. The van der Waals surface area contributed by atoms with Crippen molar-refractivity contribution in [1.29, 1.82) is 0 Å². The lowest BCUT2D eigenvalue weighted by Gasteiger charge is -2.07. The van der Waals surface area contributed by atoms with Gasteiger partial charge < -0.3 is 5.32 Å². The SMILES string of the molecule is NS(=O)(=O)CCNc1c(F)cccc1F. The molecule has 1 aromatic carbocycles. The van der Waals surface area contributed by atoms with Crippen LogP contribution in [-0.4, -0.2) is 20.7 Å². The zero-order valence-corrected chi connectivity index (χ0v) is 8.52. The average molecular weight is 236 g/mol. The number of para-hydroxylation sites is 1. The average Bonchev–Trinajstić information content (AvgIpc) is 2.08. The molecule has 0 aliphatic rings. The zero-order chi connectivity index (χ0) is 11.5. The van der Waals surface area contributed by atoms with Crippen LogP contribution in [0, 0.1) is 11.6 Å². The number of hydrogen-bond donors (Lipinski definition) is 2. The van der Waals surface area contributed by atoms with Gasteiger partial charge in [0.25, 0.3) is 0 Å². The highest BCUT2D eigenvalue weighted by molar-refractivity contribution is 7.89. The van der Waals surface area contributed by atoms with E-state index in [0.29, 0.717) is 0 Å². The quantitative estimate of drug-likeness (QED) is 0.806. The molecular formula is C8H10F2N2O2S. The Balaban J connectivity index is 2.66. The van der Waals surface area contributed by atoms with Crippen molar-refractivity contribution < 1.29 is 17.2 Å². The Hall–Kier alpha value is -1.21. The Morgan fingerprint density at radius 2 is 1.80 bits per heavy atom. The number of halogens is 2. The van der Waals surface area contributed by atoms with E-state index in [0.717, 1.165) is 12.1 Å². The molecule has 0 bridgehead atoms. The summed E-state index contributed by atoms with van der Waals surface area (Å²) in [5.74, 6) is -1.94. The predicted octanol–water partition coefficient (Wildman–Crippen LogP) is 0.665. The molecule has 84 valence electrons. The highest BCUT2D eigenvalue weighted by atomic mass is 32.2. The van der Waals surface area contributed by atoms with Gasteiger partial charge in [0.1, 0.15) is 17.3 Å². The van der Waals surface area contributed by atoms with Crippen LogP contribution in [0.4, 0.5) is 14.5 Å². The van der Waals surface area contributed by atoms with Crippen molar-refractivity contribution in [1.82, 2.24) is 0 Å². The maximum atomic E-state index is 13.0. The Kier molecular flexibility index (Phi) is 3.59. The molecule has 0 saturated heterocycles. The van der Waals surface area contributed by atoms with E-state index in [1.54, 1.807) is 0 Å². The summed E-state index contributed by atoms with van der Waals surface area (Å²) in [6.07, 6.45) is 0. The number of nitrogens with two attached hydrogens (primary N) is 1. The van der Waals surface area contributed by atoms with Crippen molar-refractivity contribution in [3.63, 3.8) is 0 Å². The predicted molar refractivity (Wildman–Crippen MR) is 52.8 cm³/mol. The molecule has 15 heavy (non-hydrogen) atoms. The highest BCUT2D eigenvalue weighted by Gasteiger charge is 2.08. The molecule has 0 aromatic heterocycles. The van der Waals surface area contributed by atoms with Crippen molar-refractivity contribution in [3.05, 3.63) is 29.8 Å². The number of anilines is 1. The van der Waals surface area contributed by atoms with Gasteiger partial charge >= 0.3 is 0 Å². The van der Waals surface area contributed by atoms with E-state index in [9.17, 15) is 17.2 Å². The van der Waals surface area contributed by atoms with Crippen LogP contribution in [0.5, 0.6) is 0 Å². The van der Waals surface area contributed by atoms with Crippen LogP contribution in [0.3, 0.4) is 0 Å². The number of primary sulfonamides is 1. The van der Waals surface area contributed by atoms with Gasteiger partial charge in [0.05, 0.1) is 5.75 Å². The highest BCUT2D eigenvalue weighted by Crippen LogP contribution is 2.17. The number of nitrogens with one attached hydrogen (secondary N) is 1. The van der Waals surface area contributed by atoms with Gasteiger partial charge in [-0.2, -0.15) is 0 Å². The van der Waals surface area contributed by atoms with Crippen molar-refractivity contribution >= 4 is 15.7 Å². The Morgan fingerprint density at radius 1 is 1.27 bits per heavy atom. The summed E-state index contributed by atoms with van der Waals surface area (Å²) in [5.41, 5.74) is -0.346. The van der Waals surface area contributed by atoms with Crippen LogP contribution < -0.4 is 10.5 Å². The van der Waals surface area contributed by atoms with Gasteiger partial charge in [-0.3, -0.25) is 0 Å². The molecule has 0 aliphatic carbocycles. The van der Waals surface area contributed by atoms with Gasteiger partial charge in [-0.15, -0.1) is 0 Å². The zero-order valence-electron chi connectivity index (χ0n) is 7.70. The third-order valence-corrected chi connectivity index (χ3v) is 2.42. The summed E-state index contributed by atoms with van der Waals surface area (Å²) in [7, 11) is -3.63. The van der Waals surface area contributed by atoms with Crippen LogP contribution in [0.25, 0.3) is 0 Å². The second-order valence-electron chi connectivity index (χ2n) is 2.89. The third kappa shape index (κ3) is 3.80. The fourth-order valence-corrected chi connectivity index (χ4v) is 1.37. The normalized spacial score (nSPS) is 11.4. The summed E-state index contributed by atoms with van der Waals surface area (Å²) in [5, 5.41) is 7.05. The van der Waals surface area contributed by atoms with E-state index in [1.165, 1.54) is 6.07 Å². The molecule has 0 amide bonds. The molecule has 3 N–H and O–H groups in total. The number of rotatable bonds is 4. The maximum absolute atomic E-state index is 13.0. The van der Waals surface area contributed by atoms with Crippen molar-refractivity contribution in [2.24, 2.45) is 5.14 Å². The van der Waals surface area contributed by atoms with Crippen LogP contribution in [0.15, 0.2) is 18.2 Å². The van der Waals surface area contributed by atoms with Crippen molar-refractivity contribution in [3.8, 4) is 0 Å². The molecule has 0 unspecified atom stereocenters. The van der Waals surface area contributed by atoms with Crippen molar-refractivity contribution in [2.45, 2.75) is 0 Å². The fourth-order valence-electron chi connectivity index (χ4n) is 0.985. The lowest BCUT2D eigenvalue weighted by atomic mass is 10.3. The second-order valence-corrected chi connectivity index (χ2v) is 4.62. The van der Waals surface area contributed by atoms with E-state index < -0.39 is 21.7 Å². The first-order valence-corrected chi connectivity index (χ1v) is 5.80. The Morgan fingerprint density at radius 3 is 2.27 bits per heavy atom. The van der Waals surface area contributed by atoms with E-state index in [1.807, 2.05) is 0 Å². The van der Waals surface area contributed by atoms with E-state index >= 15 is 0 Å². The molecule has 1 aromatic rings. The minimum Gasteiger partial charge on any atom is -0.379 e. The topological polar surface area (TPSA) is 72.2 Å². The third-order valence-electron chi connectivity index (χ3n) is 1.65. The molecule has 4 nitrogen and oxygen atoms in total. The number of benzene rings is 1. The maximum Gasteiger partial charge on any atom is 0.210 e. The lowest BCUT2D eigenvalue weighted by molar-refractivity contribution is 0.586. The molecule has 1 rings (SSSR count). The first-order chi connectivity index (χ1) is 6.90. The summed E-state index contributed by atoms with van der Waals surface area (Å²) >= 11 is 0. The van der Waals surface area contributed by atoms with Gasteiger partial charge in [0.2, 0.25) is 10.0 Å². The van der Waals surface area contributed by atoms with Crippen LogP contribution in [-0.2, 0) is 10.0 Å². The molecular weight excluding hydrogens is 226 g/mol. The molecule has 0 saturated carbocycles. The minimum absolute atomic E-state index is 0.142. The summed E-state index contributed by atoms with van der Waals surface area (Å²) in [6, 6.07) is 3.36. The monoisotopic (exact) mass is 236 g/mol. The molecule has 7 heteroatoms. The van der Waals surface area contributed by atoms with E-state index in [4.69, 9.17) is 5.14 Å². The second kappa shape index (κ2) is 4.54.